The Hall–Kier alpha value is -2.18. The third-order valence-corrected chi connectivity index (χ3v) is 5.11. The van der Waals surface area contributed by atoms with Crippen LogP contribution in [0.15, 0.2) is 30.3 Å². The van der Waals surface area contributed by atoms with E-state index < -0.39 is 5.97 Å². The summed E-state index contributed by atoms with van der Waals surface area (Å²) in [5, 5.41) is 18.9. The van der Waals surface area contributed by atoms with Crippen molar-refractivity contribution in [2.24, 2.45) is 0 Å². The number of carbonyl (C=O) groups is 2. The maximum absolute atomic E-state index is 12.3. The van der Waals surface area contributed by atoms with Crippen molar-refractivity contribution in [3.63, 3.8) is 0 Å². The molecule has 6 heteroatoms. The second-order valence-electron chi connectivity index (χ2n) is 6.69. The topological polar surface area (TPSA) is 81.1 Å². The Morgan fingerprint density at radius 3 is 2.28 bits per heavy atom. The first-order valence-electron chi connectivity index (χ1n) is 8.77. The van der Waals surface area contributed by atoms with Crippen molar-refractivity contribution in [1.82, 2.24) is 9.80 Å². The number of hydrogen-bond acceptors (Lipinski definition) is 4. The van der Waals surface area contributed by atoms with Crippen molar-refractivity contribution in [3.8, 4) is 0 Å². The van der Waals surface area contributed by atoms with Crippen LogP contribution in [0.2, 0.25) is 0 Å². The quantitative estimate of drug-likeness (QED) is 0.808. The summed E-state index contributed by atoms with van der Waals surface area (Å²) in [6.07, 6.45) is 6.02. The fraction of sp³-hybridized carbons (Fsp3) is 0.474. The van der Waals surface area contributed by atoms with Gasteiger partial charge in [0.2, 0.25) is 5.91 Å². The van der Waals surface area contributed by atoms with Gasteiger partial charge < -0.3 is 15.1 Å². The molecule has 2 fully saturated rings. The van der Waals surface area contributed by atoms with Crippen LogP contribution in [0, 0.1) is 0 Å². The number of hydrogen-bond donors (Lipinski definition) is 2. The lowest BCUT2D eigenvalue weighted by atomic mass is 10.1. The highest BCUT2D eigenvalue weighted by Gasteiger charge is 2.32. The van der Waals surface area contributed by atoms with Crippen molar-refractivity contribution in [2.75, 3.05) is 26.2 Å². The Morgan fingerprint density at radius 2 is 1.72 bits per heavy atom. The zero-order valence-corrected chi connectivity index (χ0v) is 14.2. The summed E-state index contributed by atoms with van der Waals surface area (Å²) in [6, 6.07) is 6.68. The Labute approximate surface area is 147 Å². The smallest absolute Gasteiger partial charge is 0.335 e. The minimum absolute atomic E-state index is 0.0334. The van der Waals surface area contributed by atoms with E-state index in [9.17, 15) is 14.7 Å². The van der Waals surface area contributed by atoms with E-state index in [0.29, 0.717) is 13.1 Å². The van der Waals surface area contributed by atoms with Gasteiger partial charge >= 0.3 is 5.97 Å². The van der Waals surface area contributed by atoms with Gasteiger partial charge in [0, 0.05) is 38.3 Å². The molecule has 2 atom stereocenters. The molecule has 1 saturated heterocycles. The van der Waals surface area contributed by atoms with Crippen LogP contribution >= 0.6 is 0 Å². The number of aliphatic hydroxyl groups is 1. The molecule has 0 spiro atoms. The molecule has 0 bridgehead atoms. The number of carboxylic acids is 1. The SMILES string of the molecule is O=C(O)c1ccc(C=CC(=O)N2CCN(C3CCCC3O)CC2)cc1. The molecule has 1 aromatic carbocycles. The molecule has 25 heavy (non-hydrogen) atoms. The highest BCUT2D eigenvalue weighted by molar-refractivity contribution is 5.92. The van der Waals surface area contributed by atoms with Crippen LogP contribution in [-0.4, -0.2) is 70.2 Å². The maximum Gasteiger partial charge on any atom is 0.335 e. The third-order valence-electron chi connectivity index (χ3n) is 5.11. The monoisotopic (exact) mass is 344 g/mol. The van der Waals surface area contributed by atoms with Crippen LogP contribution in [0.1, 0.15) is 35.2 Å². The molecule has 1 saturated carbocycles. The Kier molecular flexibility index (Phi) is 5.50. The van der Waals surface area contributed by atoms with Crippen molar-refractivity contribution < 1.29 is 19.8 Å². The van der Waals surface area contributed by atoms with Crippen molar-refractivity contribution in [3.05, 3.63) is 41.5 Å². The Morgan fingerprint density at radius 1 is 1.04 bits per heavy atom. The molecule has 1 aromatic rings. The predicted molar refractivity (Wildman–Crippen MR) is 94.2 cm³/mol. The zero-order valence-electron chi connectivity index (χ0n) is 14.2. The fourth-order valence-electron chi connectivity index (χ4n) is 3.63. The van der Waals surface area contributed by atoms with Gasteiger partial charge in [0.1, 0.15) is 0 Å². The van der Waals surface area contributed by atoms with E-state index in [2.05, 4.69) is 4.90 Å². The van der Waals surface area contributed by atoms with E-state index in [0.717, 1.165) is 37.9 Å². The van der Waals surface area contributed by atoms with Crippen LogP contribution in [0.25, 0.3) is 6.08 Å². The second kappa shape index (κ2) is 7.80. The average Bonchev–Trinajstić information content (AvgIpc) is 3.06. The molecular weight excluding hydrogens is 320 g/mol. The van der Waals surface area contributed by atoms with Crippen LogP contribution in [-0.2, 0) is 4.79 Å². The number of benzene rings is 1. The van der Waals surface area contributed by atoms with Gasteiger partial charge in [-0.2, -0.15) is 0 Å². The number of carbonyl (C=O) groups excluding carboxylic acids is 1. The number of aromatic carboxylic acids is 1. The van der Waals surface area contributed by atoms with Crippen LogP contribution in [0.5, 0.6) is 0 Å². The molecule has 6 nitrogen and oxygen atoms in total. The summed E-state index contributed by atoms with van der Waals surface area (Å²) in [4.78, 5) is 27.3. The second-order valence-corrected chi connectivity index (χ2v) is 6.69. The number of amides is 1. The highest BCUT2D eigenvalue weighted by atomic mass is 16.4. The standard InChI is InChI=1S/C19H24N2O4/c22-17-3-1-2-16(17)20-10-12-21(13-11-20)18(23)9-6-14-4-7-15(8-5-14)19(24)25/h4-9,16-17,22H,1-3,10-13H2,(H,24,25). The van der Waals surface area contributed by atoms with E-state index in [4.69, 9.17) is 5.11 Å². The average molecular weight is 344 g/mol. The van der Waals surface area contributed by atoms with Gasteiger partial charge in [-0.1, -0.05) is 12.1 Å². The summed E-state index contributed by atoms with van der Waals surface area (Å²) in [6.45, 7) is 2.94. The first-order chi connectivity index (χ1) is 12.0. The molecule has 2 unspecified atom stereocenters. The summed E-state index contributed by atoms with van der Waals surface area (Å²) in [5.74, 6) is -0.995. The van der Waals surface area contributed by atoms with Gasteiger partial charge in [-0.25, -0.2) is 4.79 Å². The predicted octanol–water partition coefficient (Wildman–Crippen LogP) is 1.46. The lowest BCUT2D eigenvalue weighted by molar-refractivity contribution is -0.128. The molecule has 1 amide bonds. The van der Waals surface area contributed by atoms with Gasteiger partial charge in [-0.15, -0.1) is 0 Å². The lowest BCUT2D eigenvalue weighted by Crippen LogP contribution is -2.53. The van der Waals surface area contributed by atoms with E-state index in [1.165, 1.54) is 18.2 Å². The third kappa shape index (κ3) is 4.27. The highest BCUT2D eigenvalue weighted by Crippen LogP contribution is 2.25. The lowest BCUT2D eigenvalue weighted by Gasteiger charge is -2.38. The van der Waals surface area contributed by atoms with Crippen molar-refractivity contribution in [2.45, 2.75) is 31.4 Å². The van der Waals surface area contributed by atoms with Crippen LogP contribution < -0.4 is 0 Å². The largest absolute Gasteiger partial charge is 0.478 e. The van der Waals surface area contributed by atoms with Gasteiger partial charge in [0.25, 0.3) is 0 Å². The molecule has 2 aliphatic rings. The van der Waals surface area contributed by atoms with Gasteiger partial charge in [-0.05, 0) is 43.0 Å². The van der Waals surface area contributed by atoms with Crippen LogP contribution in [0.4, 0.5) is 0 Å². The molecule has 134 valence electrons. The van der Waals surface area contributed by atoms with Gasteiger partial charge in [0.05, 0.1) is 11.7 Å². The minimum Gasteiger partial charge on any atom is -0.478 e. The normalized spacial score (nSPS) is 24.8. The molecule has 2 N–H and O–H groups in total. The fourth-order valence-corrected chi connectivity index (χ4v) is 3.63. The summed E-state index contributed by atoms with van der Waals surface area (Å²) < 4.78 is 0. The van der Waals surface area contributed by atoms with E-state index >= 15 is 0 Å². The van der Waals surface area contributed by atoms with E-state index in [1.54, 1.807) is 18.2 Å². The summed E-state index contributed by atoms with van der Waals surface area (Å²) in [5.41, 5.74) is 1.03. The summed E-state index contributed by atoms with van der Waals surface area (Å²) in [7, 11) is 0. The molecule has 1 heterocycles. The molecular formula is C19H24N2O4. The Balaban J connectivity index is 1.51. The Bertz CT molecular complexity index is 648. The molecule has 1 aliphatic heterocycles. The molecule has 0 aromatic heterocycles. The molecule has 1 aliphatic carbocycles. The number of rotatable bonds is 4. The number of aliphatic hydroxyl groups excluding tert-OH is 1. The first-order valence-corrected chi connectivity index (χ1v) is 8.77. The first kappa shape index (κ1) is 17.6. The van der Waals surface area contributed by atoms with E-state index in [-0.39, 0.29) is 23.6 Å². The number of piperazine rings is 1. The van der Waals surface area contributed by atoms with Gasteiger partial charge in [-0.3, -0.25) is 9.69 Å². The maximum atomic E-state index is 12.3. The number of carboxylic acid groups (broad SMARTS) is 1. The van der Waals surface area contributed by atoms with Crippen molar-refractivity contribution in [1.29, 1.82) is 0 Å². The number of nitrogens with zero attached hydrogens (tertiary/aromatic N) is 2. The van der Waals surface area contributed by atoms with Crippen molar-refractivity contribution >= 4 is 18.0 Å². The molecule has 3 rings (SSSR count). The zero-order chi connectivity index (χ0) is 17.8. The molecule has 0 radical (unpaired) electrons. The van der Waals surface area contributed by atoms with E-state index in [1.807, 2.05) is 4.90 Å². The van der Waals surface area contributed by atoms with Gasteiger partial charge in [0.15, 0.2) is 0 Å². The van der Waals surface area contributed by atoms with Crippen LogP contribution in [0.3, 0.4) is 0 Å². The minimum atomic E-state index is -0.961. The summed E-state index contributed by atoms with van der Waals surface area (Å²) >= 11 is 0.